The van der Waals surface area contributed by atoms with E-state index in [0.29, 0.717) is 22.9 Å². The molecule has 0 heterocycles. The predicted octanol–water partition coefficient (Wildman–Crippen LogP) is 7.67. The molecule has 2 N–H and O–H groups in total. The zero-order valence-corrected chi connectivity index (χ0v) is 22.0. The van der Waals surface area contributed by atoms with Gasteiger partial charge in [0, 0.05) is 12.1 Å². The Morgan fingerprint density at radius 3 is 2.03 bits per heavy atom. The van der Waals surface area contributed by atoms with Crippen molar-refractivity contribution in [1.82, 2.24) is 10.6 Å². The zero-order chi connectivity index (χ0) is 23.1. The zero-order valence-electron chi connectivity index (χ0n) is 22.0. The summed E-state index contributed by atoms with van der Waals surface area (Å²) in [5, 5.41) is 7.61. The van der Waals surface area contributed by atoms with E-state index in [1.807, 2.05) is 0 Å². The van der Waals surface area contributed by atoms with Crippen LogP contribution in [-0.2, 0) is 0 Å². The fourth-order valence-corrected chi connectivity index (χ4v) is 6.06. The molecule has 2 atom stereocenters. The predicted molar refractivity (Wildman–Crippen MR) is 138 cm³/mol. The van der Waals surface area contributed by atoms with Crippen molar-refractivity contribution in [3.63, 3.8) is 0 Å². The van der Waals surface area contributed by atoms with Gasteiger partial charge in [-0.1, -0.05) is 85.6 Å². The maximum Gasteiger partial charge on any atom is 0.0327 e. The lowest BCUT2D eigenvalue weighted by molar-refractivity contribution is 0.142. The molecule has 1 aromatic rings. The van der Waals surface area contributed by atoms with Crippen LogP contribution in [0.25, 0.3) is 0 Å². The molecule has 31 heavy (non-hydrogen) atoms. The van der Waals surface area contributed by atoms with Gasteiger partial charge in [0.1, 0.15) is 0 Å². The van der Waals surface area contributed by atoms with Gasteiger partial charge in [-0.3, -0.25) is 0 Å². The van der Waals surface area contributed by atoms with E-state index in [-0.39, 0.29) is 0 Å². The second-order valence-electron chi connectivity index (χ2n) is 12.2. The van der Waals surface area contributed by atoms with Gasteiger partial charge in [-0.05, 0) is 85.9 Å². The number of aryl methyl sites for hydroxylation is 1. The monoisotopic (exact) mass is 428 g/mol. The smallest absolute Gasteiger partial charge is 0.0327 e. The molecule has 0 radical (unpaired) electrons. The van der Waals surface area contributed by atoms with Gasteiger partial charge in [0.25, 0.3) is 0 Å². The molecule has 1 saturated carbocycles. The van der Waals surface area contributed by atoms with Gasteiger partial charge < -0.3 is 10.6 Å². The molecule has 1 aliphatic carbocycles. The Bertz CT molecular complexity index is 634. The lowest BCUT2D eigenvalue weighted by Gasteiger charge is -2.40. The van der Waals surface area contributed by atoms with Gasteiger partial charge in [-0.15, -0.1) is 0 Å². The maximum atomic E-state index is 3.83. The molecular weight excluding hydrogens is 376 g/mol. The van der Waals surface area contributed by atoms with Crippen LogP contribution in [0.15, 0.2) is 24.3 Å². The Morgan fingerprint density at radius 1 is 0.871 bits per heavy atom. The number of benzene rings is 1. The largest absolute Gasteiger partial charge is 0.314 e. The van der Waals surface area contributed by atoms with Crippen LogP contribution in [0, 0.1) is 29.6 Å². The van der Waals surface area contributed by atoms with Crippen molar-refractivity contribution in [3.8, 4) is 0 Å². The fourth-order valence-electron chi connectivity index (χ4n) is 6.06. The number of nitrogens with one attached hydrogen (secondary N) is 2. The molecule has 0 amide bonds. The van der Waals surface area contributed by atoms with Gasteiger partial charge in [-0.2, -0.15) is 0 Å². The Morgan fingerprint density at radius 2 is 1.48 bits per heavy atom. The first-order valence-electron chi connectivity index (χ1n) is 13.1. The minimum atomic E-state index is 0.360. The summed E-state index contributed by atoms with van der Waals surface area (Å²) in [4.78, 5) is 0. The van der Waals surface area contributed by atoms with E-state index < -0.39 is 0 Å². The van der Waals surface area contributed by atoms with Crippen LogP contribution >= 0.6 is 0 Å². The van der Waals surface area contributed by atoms with Crippen LogP contribution in [0.1, 0.15) is 111 Å². The van der Waals surface area contributed by atoms with Crippen LogP contribution < -0.4 is 10.6 Å². The molecule has 2 unspecified atom stereocenters. The maximum absolute atomic E-state index is 3.83. The summed E-state index contributed by atoms with van der Waals surface area (Å²) >= 11 is 0. The van der Waals surface area contributed by atoms with Crippen molar-refractivity contribution < 1.29 is 0 Å². The minimum Gasteiger partial charge on any atom is -0.314 e. The van der Waals surface area contributed by atoms with Gasteiger partial charge >= 0.3 is 0 Å². The van der Waals surface area contributed by atoms with E-state index in [1.54, 1.807) is 0 Å². The van der Waals surface area contributed by atoms with Gasteiger partial charge in [0.05, 0.1) is 0 Å². The van der Waals surface area contributed by atoms with E-state index in [4.69, 9.17) is 0 Å². The lowest BCUT2D eigenvalue weighted by Crippen LogP contribution is -2.41. The molecule has 178 valence electrons. The Balaban J connectivity index is 1.94. The van der Waals surface area contributed by atoms with E-state index in [9.17, 15) is 0 Å². The first-order chi connectivity index (χ1) is 14.5. The highest BCUT2D eigenvalue weighted by Crippen LogP contribution is 2.42. The van der Waals surface area contributed by atoms with Crippen LogP contribution in [0.4, 0.5) is 0 Å². The Hall–Kier alpha value is -0.860. The van der Waals surface area contributed by atoms with E-state index >= 15 is 0 Å². The molecule has 2 heteroatoms. The van der Waals surface area contributed by atoms with Crippen molar-refractivity contribution in [3.05, 3.63) is 35.4 Å². The highest BCUT2D eigenvalue weighted by atomic mass is 14.9. The highest BCUT2D eigenvalue weighted by molar-refractivity contribution is 5.29. The summed E-state index contributed by atoms with van der Waals surface area (Å²) in [7, 11) is 0. The summed E-state index contributed by atoms with van der Waals surface area (Å²) < 4.78 is 0. The fraction of sp³-hybridized carbons (Fsp3) is 0.793. The Labute approximate surface area is 194 Å². The first-order valence-corrected chi connectivity index (χ1v) is 13.1. The summed E-state index contributed by atoms with van der Waals surface area (Å²) in [5.74, 6) is 1.75. The molecule has 0 bridgehead atoms. The Kier molecular flexibility index (Phi) is 10.1. The molecule has 0 aromatic heterocycles. The summed E-state index contributed by atoms with van der Waals surface area (Å²) in [6.45, 7) is 21.1. The number of hydrogen-bond acceptors (Lipinski definition) is 2. The molecule has 2 rings (SSSR count). The second-order valence-corrected chi connectivity index (χ2v) is 12.2. The van der Waals surface area contributed by atoms with Gasteiger partial charge in [-0.25, -0.2) is 0 Å². The molecule has 2 nitrogen and oxygen atoms in total. The summed E-state index contributed by atoms with van der Waals surface area (Å²) in [5.41, 5.74) is 3.66. The SMILES string of the molecule is CCNC(CC(C)(C)CC1CCC(C(CC(C)(C)C)NCC)CC1)c1ccccc1C. The number of rotatable bonds is 11. The van der Waals surface area contributed by atoms with Crippen LogP contribution in [0.2, 0.25) is 0 Å². The molecular formula is C29H52N2. The molecule has 1 aromatic carbocycles. The second kappa shape index (κ2) is 11.8. The molecule has 0 spiro atoms. The standard InChI is InChI=1S/C29H52N2/c1-9-30-26(20-28(4,5)6)24-17-15-23(16-18-24)19-29(7,8)21-27(31-10-2)25-14-12-11-13-22(25)3/h11-14,23-24,26-27,30-31H,9-10,15-21H2,1-8H3. The molecule has 0 saturated heterocycles. The molecule has 1 aliphatic rings. The van der Waals surface area contributed by atoms with Crippen LogP contribution in [0.3, 0.4) is 0 Å². The average Bonchev–Trinajstić information content (AvgIpc) is 2.67. The van der Waals surface area contributed by atoms with Crippen LogP contribution in [-0.4, -0.2) is 19.1 Å². The first kappa shape index (κ1) is 26.4. The van der Waals surface area contributed by atoms with Crippen molar-refractivity contribution in [2.75, 3.05) is 13.1 Å². The van der Waals surface area contributed by atoms with Gasteiger partial charge in [0.2, 0.25) is 0 Å². The van der Waals surface area contributed by atoms with E-state index in [2.05, 4.69) is 90.3 Å². The van der Waals surface area contributed by atoms with Crippen molar-refractivity contribution >= 4 is 0 Å². The lowest BCUT2D eigenvalue weighted by atomic mass is 9.69. The third kappa shape index (κ3) is 8.89. The third-order valence-electron chi connectivity index (χ3n) is 7.37. The highest BCUT2D eigenvalue weighted by Gasteiger charge is 2.33. The molecule has 1 fully saturated rings. The average molecular weight is 429 g/mol. The van der Waals surface area contributed by atoms with Gasteiger partial charge in [0.15, 0.2) is 0 Å². The minimum absolute atomic E-state index is 0.360. The quantitative estimate of drug-likeness (QED) is 0.378. The summed E-state index contributed by atoms with van der Waals surface area (Å²) in [6.07, 6.45) is 9.51. The normalized spacial score (nSPS) is 22.3. The third-order valence-corrected chi connectivity index (χ3v) is 7.37. The number of hydrogen-bond donors (Lipinski definition) is 2. The van der Waals surface area contributed by atoms with E-state index in [0.717, 1.165) is 24.9 Å². The molecule has 0 aliphatic heterocycles. The summed E-state index contributed by atoms with van der Waals surface area (Å²) in [6, 6.07) is 10.1. The van der Waals surface area contributed by atoms with Crippen molar-refractivity contribution in [1.29, 1.82) is 0 Å². The van der Waals surface area contributed by atoms with Crippen molar-refractivity contribution in [2.45, 2.75) is 112 Å². The topological polar surface area (TPSA) is 24.1 Å². The van der Waals surface area contributed by atoms with Crippen molar-refractivity contribution in [2.24, 2.45) is 22.7 Å². The van der Waals surface area contributed by atoms with E-state index in [1.165, 1.54) is 56.1 Å². The van der Waals surface area contributed by atoms with Crippen LogP contribution in [0.5, 0.6) is 0 Å².